The van der Waals surface area contributed by atoms with Gasteiger partial charge in [-0.05, 0) is 31.2 Å². The lowest BCUT2D eigenvalue weighted by Gasteiger charge is -1.96. The van der Waals surface area contributed by atoms with E-state index in [4.69, 9.17) is 4.42 Å². The summed E-state index contributed by atoms with van der Waals surface area (Å²) >= 11 is 0. The van der Waals surface area contributed by atoms with Gasteiger partial charge in [-0.1, -0.05) is 17.7 Å². The van der Waals surface area contributed by atoms with Crippen molar-refractivity contribution in [3.8, 4) is 0 Å². The Balaban J connectivity index is 1.94. The summed E-state index contributed by atoms with van der Waals surface area (Å²) in [5, 5.41) is 2.52. The lowest BCUT2D eigenvalue weighted by atomic mass is 10.2. The SMILES string of the molecule is Cc1ccc(N=CNC(=O)c2ccco2)cc1. The van der Waals surface area contributed by atoms with Gasteiger partial charge in [-0.2, -0.15) is 0 Å². The Labute approximate surface area is 99.0 Å². The average molecular weight is 228 g/mol. The Morgan fingerprint density at radius 3 is 2.71 bits per heavy atom. The van der Waals surface area contributed by atoms with Gasteiger partial charge in [0.15, 0.2) is 5.76 Å². The van der Waals surface area contributed by atoms with Crippen LogP contribution in [0.2, 0.25) is 0 Å². The van der Waals surface area contributed by atoms with Gasteiger partial charge in [-0.15, -0.1) is 0 Å². The van der Waals surface area contributed by atoms with Crippen LogP contribution in [0.4, 0.5) is 5.69 Å². The maximum absolute atomic E-state index is 11.5. The number of hydrogen-bond acceptors (Lipinski definition) is 3. The molecule has 1 aromatic carbocycles. The molecule has 0 spiro atoms. The van der Waals surface area contributed by atoms with Gasteiger partial charge in [0.2, 0.25) is 0 Å². The molecular weight excluding hydrogens is 216 g/mol. The summed E-state index contributed by atoms with van der Waals surface area (Å²) in [6.07, 6.45) is 2.81. The van der Waals surface area contributed by atoms with E-state index in [9.17, 15) is 4.79 Å². The molecule has 2 aromatic rings. The third-order valence-electron chi connectivity index (χ3n) is 2.19. The maximum atomic E-state index is 11.5. The Bertz CT molecular complexity index is 513. The molecular formula is C13H12N2O2. The molecule has 0 unspecified atom stereocenters. The molecule has 0 aliphatic heterocycles. The summed E-state index contributed by atoms with van der Waals surface area (Å²) in [6.45, 7) is 2.01. The van der Waals surface area contributed by atoms with Crippen LogP contribution in [0.5, 0.6) is 0 Å². The monoisotopic (exact) mass is 228 g/mol. The second-order valence-corrected chi connectivity index (χ2v) is 3.54. The summed E-state index contributed by atoms with van der Waals surface area (Å²) in [5.41, 5.74) is 1.96. The largest absolute Gasteiger partial charge is 0.459 e. The van der Waals surface area contributed by atoms with Crippen molar-refractivity contribution in [2.45, 2.75) is 6.92 Å². The zero-order valence-electron chi connectivity index (χ0n) is 9.38. The number of nitrogens with one attached hydrogen (secondary N) is 1. The fourth-order valence-corrected chi connectivity index (χ4v) is 1.28. The number of hydrogen-bond donors (Lipinski definition) is 1. The number of nitrogens with zero attached hydrogens (tertiary/aromatic N) is 1. The molecule has 1 amide bonds. The zero-order chi connectivity index (χ0) is 12.1. The molecule has 1 aromatic heterocycles. The van der Waals surface area contributed by atoms with Crippen LogP contribution in [0.15, 0.2) is 52.1 Å². The number of aliphatic imine (C=N–C) groups is 1. The fraction of sp³-hybridized carbons (Fsp3) is 0.0769. The summed E-state index contributed by atoms with van der Waals surface area (Å²) in [7, 11) is 0. The highest BCUT2D eigenvalue weighted by molar-refractivity contribution is 5.98. The molecule has 4 heteroatoms. The molecule has 4 nitrogen and oxygen atoms in total. The van der Waals surface area contributed by atoms with Gasteiger partial charge in [0.25, 0.3) is 5.91 Å². The first-order valence-corrected chi connectivity index (χ1v) is 5.19. The van der Waals surface area contributed by atoms with Crippen LogP contribution >= 0.6 is 0 Å². The molecule has 0 radical (unpaired) electrons. The van der Waals surface area contributed by atoms with Crippen LogP contribution in [0, 0.1) is 6.92 Å². The van der Waals surface area contributed by atoms with Crippen LogP contribution in [0.25, 0.3) is 0 Å². The predicted molar refractivity (Wildman–Crippen MR) is 65.5 cm³/mol. The van der Waals surface area contributed by atoms with Gasteiger partial charge in [0.05, 0.1) is 18.3 Å². The molecule has 0 bridgehead atoms. The van der Waals surface area contributed by atoms with E-state index in [1.54, 1.807) is 12.1 Å². The second-order valence-electron chi connectivity index (χ2n) is 3.54. The smallest absolute Gasteiger partial charge is 0.292 e. The molecule has 0 aliphatic rings. The van der Waals surface area contributed by atoms with Gasteiger partial charge in [0, 0.05) is 0 Å². The van der Waals surface area contributed by atoms with Gasteiger partial charge in [0.1, 0.15) is 0 Å². The highest BCUT2D eigenvalue weighted by atomic mass is 16.3. The number of carbonyl (C=O) groups is 1. The van der Waals surface area contributed by atoms with E-state index < -0.39 is 0 Å². The number of benzene rings is 1. The van der Waals surface area contributed by atoms with Crippen LogP contribution in [-0.4, -0.2) is 12.2 Å². The van der Waals surface area contributed by atoms with Crippen molar-refractivity contribution in [1.82, 2.24) is 5.32 Å². The molecule has 1 N–H and O–H groups in total. The number of aryl methyl sites for hydroxylation is 1. The van der Waals surface area contributed by atoms with Crippen molar-refractivity contribution >= 4 is 17.9 Å². The van der Waals surface area contributed by atoms with Gasteiger partial charge in [-0.3, -0.25) is 4.79 Å². The van der Waals surface area contributed by atoms with Crippen LogP contribution in [0.3, 0.4) is 0 Å². The molecule has 0 saturated carbocycles. The quantitative estimate of drug-likeness (QED) is 0.648. The van der Waals surface area contributed by atoms with E-state index in [0.717, 1.165) is 5.69 Å². The molecule has 1 heterocycles. The summed E-state index contributed by atoms with van der Waals surface area (Å²) in [6, 6.07) is 10.9. The minimum Gasteiger partial charge on any atom is -0.459 e. The van der Waals surface area contributed by atoms with Crippen molar-refractivity contribution in [1.29, 1.82) is 0 Å². The molecule has 2 rings (SSSR count). The van der Waals surface area contributed by atoms with Gasteiger partial charge in [-0.25, -0.2) is 4.99 Å². The molecule has 17 heavy (non-hydrogen) atoms. The number of rotatable bonds is 3. The average Bonchev–Trinajstić information content (AvgIpc) is 2.85. The summed E-state index contributed by atoms with van der Waals surface area (Å²) in [4.78, 5) is 15.6. The molecule has 0 aliphatic carbocycles. The van der Waals surface area contributed by atoms with Crippen molar-refractivity contribution in [2.75, 3.05) is 0 Å². The van der Waals surface area contributed by atoms with Crippen LogP contribution < -0.4 is 5.32 Å². The number of carbonyl (C=O) groups excluding carboxylic acids is 1. The van der Waals surface area contributed by atoms with Gasteiger partial charge >= 0.3 is 0 Å². The summed E-state index contributed by atoms with van der Waals surface area (Å²) in [5.74, 6) is -0.0498. The predicted octanol–water partition coefficient (Wildman–Crippen LogP) is 2.68. The zero-order valence-corrected chi connectivity index (χ0v) is 9.38. The molecule has 86 valence electrons. The second kappa shape index (κ2) is 5.12. The minimum absolute atomic E-state index is 0.264. The van der Waals surface area contributed by atoms with E-state index in [2.05, 4.69) is 10.3 Å². The molecule has 0 atom stereocenters. The van der Waals surface area contributed by atoms with E-state index in [0.29, 0.717) is 0 Å². The Morgan fingerprint density at radius 1 is 1.29 bits per heavy atom. The van der Waals surface area contributed by atoms with E-state index in [-0.39, 0.29) is 11.7 Å². The van der Waals surface area contributed by atoms with E-state index in [1.165, 1.54) is 18.2 Å². The minimum atomic E-state index is -0.314. The first-order valence-electron chi connectivity index (χ1n) is 5.19. The third kappa shape index (κ3) is 3.04. The normalized spacial score (nSPS) is 10.6. The first kappa shape index (κ1) is 11.1. The highest BCUT2D eigenvalue weighted by Crippen LogP contribution is 2.11. The Kier molecular flexibility index (Phi) is 3.35. The topological polar surface area (TPSA) is 54.6 Å². The lowest BCUT2D eigenvalue weighted by Crippen LogP contribution is -2.20. The lowest BCUT2D eigenvalue weighted by molar-refractivity contribution is 0.0951. The highest BCUT2D eigenvalue weighted by Gasteiger charge is 2.04. The van der Waals surface area contributed by atoms with Gasteiger partial charge < -0.3 is 9.73 Å². The summed E-state index contributed by atoms with van der Waals surface area (Å²) < 4.78 is 4.94. The molecule has 0 saturated heterocycles. The van der Waals surface area contributed by atoms with E-state index in [1.807, 2.05) is 31.2 Å². The standard InChI is InChI=1S/C13H12N2O2/c1-10-4-6-11(7-5-10)14-9-15-13(16)12-3-2-8-17-12/h2-9H,1H3,(H,14,15,16). The third-order valence-corrected chi connectivity index (χ3v) is 2.19. The van der Waals surface area contributed by atoms with Crippen molar-refractivity contribution in [3.63, 3.8) is 0 Å². The number of amides is 1. The Hall–Kier alpha value is -2.36. The fourth-order valence-electron chi connectivity index (χ4n) is 1.28. The molecule has 0 fully saturated rings. The number of furan rings is 1. The maximum Gasteiger partial charge on any atom is 0.292 e. The van der Waals surface area contributed by atoms with Crippen molar-refractivity contribution < 1.29 is 9.21 Å². The first-order chi connectivity index (χ1) is 8.25. The Morgan fingerprint density at radius 2 is 2.06 bits per heavy atom. The van der Waals surface area contributed by atoms with Crippen molar-refractivity contribution in [3.05, 3.63) is 54.0 Å². The van der Waals surface area contributed by atoms with E-state index >= 15 is 0 Å². The van der Waals surface area contributed by atoms with Crippen LogP contribution in [0.1, 0.15) is 16.1 Å². The van der Waals surface area contributed by atoms with Crippen LogP contribution in [-0.2, 0) is 0 Å². The van der Waals surface area contributed by atoms with Crippen molar-refractivity contribution in [2.24, 2.45) is 4.99 Å².